The molecule has 2 nitrogen and oxygen atoms in total. The van der Waals surface area contributed by atoms with E-state index in [-0.39, 0.29) is 0 Å². The van der Waals surface area contributed by atoms with Gasteiger partial charge in [-0.15, -0.1) is 5.46 Å². The van der Waals surface area contributed by atoms with Crippen molar-refractivity contribution in [3.05, 3.63) is 97.1 Å². The molecule has 5 rings (SSSR count). The molecule has 39 heavy (non-hydrogen) atoms. The Morgan fingerprint density at radius 3 is 1.92 bits per heavy atom. The molecule has 1 aromatic heterocycles. The van der Waals surface area contributed by atoms with Gasteiger partial charge in [-0.2, -0.15) is 4.57 Å². The van der Waals surface area contributed by atoms with E-state index in [1.54, 1.807) is 6.07 Å². The fourth-order valence-corrected chi connectivity index (χ4v) is 5.29. The second-order valence-corrected chi connectivity index (χ2v) is 10.1. The maximum Gasteiger partial charge on any atom is 0.509 e. The highest BCUT2D eigenvalue weighted by Crippen LogP contribution is 2.35. The number of para-hydroxylation sites is 2. The van der Waals surface area contributed by atoms with E-state index in [2.05, 4.69) is 11.5 Å². The second-order valence-electron chi connectivity index (χ2n) is 10.1. The summed E-state index contributed by atoms with van der Waals surface area (Å²) in [6.45, 7) is -2.17. The highest BCUT2D eigenvalue weighted by Gasteiger charge is 2.27. The first kappa shape index (κ1) is 26.8. The molecule has 5 aromatic rings. The van der Waals surface area contributed by atoms with Gasteiger partial charge in [0.25, 0.3) is 0 Å². The first-order chi connectivity index (χ1) is 19.0. The van der Waals surface area contributed by atoms with Crippen molar-refractivity contribution in [1.29, 1.82) is 0 Å². The Morgan fingerprint density at radius 1 is 0.667 bits per heavy atom. The number of unbranched alkanes of at least 4 members (excludes halogenated alkanes) is 5. The summed E-state index contributed by atoms with van der Waals surface area (Å²) in [5.41, 5.74) is 3.59. The summed E-state index contributed by atoms with van der Waals surface area (Å²) in [4.78, 5) is 0. The minimum atomic E-state index is -5.10. The van der Waals surface area contributed by atoms with E-state index in [1.807, 2.05) is 72.8 Å². The molecule has 6 heteroatoms. The second kappa shape index (κ2) is 11.9. The molecule has 0 radical (unpaired) electrons. The Hall–Kier alpha value is -3.80. The van der Waals surface area contributed by atoms with Gasteiger partial charge in [0.05, 0.1) is 17.4 Å². The minimum Gasteiger partial charge on any atom is -0.494 e. The predicted molar refractivity (Wildman–Crippen MR) is 156 cm³/mol. The zero-order valence-corrected chi connectivity index (χ0v) is 22.3. The largest absolute Gasteiger partial charge is 0.509 e. The summed E-state index contributed by atoms with van der Waals surface area (Å²) < 4.78 is 49.1. The Bertz CT molecular complexity index is 1510. The van der Waals surface area contributed by atoms with Crippen molar-refractivity contribution in [1.82, 2.24) is 0 Å². The highest BCUT2D eigenvalue weighted by atomic mass is 19.4. The standard InChI is InChI=1S/C33H33BF3NO/c1-2-3-4-5-6-11-23-39-28-21-19-27(20-22-28)38-31-17-9-7-15-29(31)33(30-16-8-10-18-32(30)38)25-13-12-14-26(24-25)34(35,36)37/h7-10,12-22,24H,2-6,11,23H2,1H3. The lowest BCUT2D eigenvalue weighted by Crippen LogP contribution is -2.34. The number of hydrogen-bond donors (Lipinski definition) is 0. The first-order valence-corrected chi connectivity index (χ1v) is 13.9. The van der Waals surface area contributed by atoms with Crippen LogP contribution in [0.4, 0.5) is 12.9 Å². The normalized spacial score (nSPS) is 11.8. The summed E-state index contributed by atoms with van der Waals surface area (Å²) in [7, 11) is 0. The highest BCUT2D eigenvalue weighted by molar-refractivity contribution is 6.73. The molecule has 0 aliphatic carbocycles. The molecule has 1 heterocycles. The van der Waals surface area contributed by atoms with E-state index in [1.165, 1.54) is 44.2 Å². The van der Waals surface area contributed by atoms with Gasteiger partial charge in [0, 0.05) is 29.8 Å². The van der Waals surface area contributed by atoms with Crippen LogP contribution in [-0.2, 0) is 0 Å². The Balaban J connectivity index is 1.52. The predicted octanol–water partition coefficient (Wildman–Crippen LogP) is 8.73. The van der Waals surface area contributed by atoms with Crippen molar-refractivity contribution in [2.24, 2.45) is 0 Å². The molecular weight excluding hydrogens is 494 g/mol. The van der Waals surface area contributed by atoms with Gasteiger partial charge in [-0.1, -0.05) is 87.6 Å². The third-order valence-corrected chi connectivity index (χ3v) is 7.24. The Morgan fingerprint density at radius 2 is 1.28 bits per heavy atom. The number of nitrogens with zero attached hydrogens (tertiary/aromatic N) is 1. The summed E-state index contributed by atoms with van der Waals surface area (Å²) in [6, 6.07) is 29.5. The van der Waals surface area contributed by atoms with Crippen molar-refractivity contribution >= 4 is 34.2 Å². The fourth-order valence-electron chi connectivity index (χ4n) is 5.29. The number of ether oxygens (including phenoxy) is 1. The zero-order chi connectivity index (χ0) is 27.2. The van der Waals surface area contributed by atoms with Gasteiger partial charge < -0.3 is 17.7 Å². The van der Waals surface area contributed by atoms with Gasteiger partial charge >= 0.3 is 6.98 Å². The molecule has 0 aliphatic heterocycles. The van der Waals surface area contributed by atoms with Gasteiger partial charge in [0.15, 0.2) is 0 Å². The van der Waals surface area contributed by atoms with Crippen LogP contribution in [0.1, 0.15) is 45.4 Å². The van der Waals surface area contributed by atoms with Crippen LogP contribution >= 0.6 is 0 Å². The van der Waals surface area contributed by atoms with E-state index in [0.29, 0.717) is 12.2 Å². The molecule has 0 N–H and O–H groups in total. The van der Waals surface area contributed by atoms with Crippen LogP contribution in [0.5, 0.6) is 5.75 Å². The van der Waals surface area contributed by atoms with Crippen LogP contribution in [0.2, 0.25) is 0 Å². The van der Waals surface area contributed by atoms with Gasteiger partial charge in [-0.05, 0) is 36.2 Å². The lowest BCUT2D eigenvalue weighted by Gasteiger charge is -2.17. The molecule has 0 amide bonds. The monoisotopic (exact) mass is 527 g/mol. The maximum absolute atomic E-state index is 13.6. The van der Waals surface area contributed by atoms with Crippen molar-refractivity contribution in [3.63, 3.8) is 0 Å². The maximum atomic E-state index is 13.6. The summed E-state index contributed by atoms with van der Waals surface area (Å²) in [5, 5.41) is 1.79. The van der Waals surface area contributed by atoms with Crippen molar-refractivity contribution < 1.29 is 22.3 Å². The van der Waals surface area contributed by atoms with Crippen molar-refractivity contribution in [2.45, 2.75) is 45.4 Å². The third kappa shape index (κ3) is 5.95. The average molecular weight is 527 g/mol. The number of hydrogen-bond acceptors (Lipinski definition) is 1. The molecule has 0 aliphatic rings. The number of fused-ring (bicyclic) bond motifs is 2. The molecule has 0 saturated heterocycles. The van der Waals surface area contributed by atoms with E-state index in [0.717, 1.165) is 51.3 Å². The van der Waals surface area contributed by atoms with Gasteiger partial charge in [0.1, 0.15) is 5.75 Å². The Labute approximate surface area is 228 Å². The summed E-state index contributed by atoms with van der Waals surface area (Å²) >= 11 is 0. The van der Waals surface area contributed by atoms with Crippen LogP contribution in [-0.4, -0.2) is 13.6 Å². The van der Waals surface area contributed by atoms with Gasteiger partial charge in [-0.3, -0.25) is 0 Å². The molecule has 0 fully saturated rings. The molecule has 0 spiro atoms. The van der Waals surface area contributed by atoms with Gasteiger partial charge in [0.2, 0.25) is 16.7 Å². The van der Waals surface area contributed by atoms with Crippen LogP contribution in [0.25, 0.3) is 38.6 Å². The van der Waals surface area contributed by atoms with E-state index in [9.17, 15) is 12.9 Å². The number of pyridine rings is 1. The van der Waals surface area contributed by atoms with Crippen molar-refractivity contribution in [3.8, 4) is 22.6 Å². The molecule has 0 unspecified atom stereocenters. The number of rotatable bonds is 11. The average Bonchev–Trinajstić information content (AvgIpc) is 2.95. The van der Waals surface area contributed by atoms with Crippen LogP contribution < -0.4 is 14.8 Å². The molecule has 0 atom stereocenters. The van der Waals surface area contributed by atoms with Crippen LogP contribution in [0.15, 0.2) is 97.1 Å². The topological polar surface area (TPSA) is 13.1 Å². The number of halogens is 3. The molecular formula is C33H33BF3NO. The van der Waals surface area contributed by atoms with E-state index >= 15 is 0 Å². The quantitative estimate of drug-likeness (QED) is 0.0725. The van der Waals surface area contributed by atoms with Crippen LogP contribution in [0, 0.1) is 0 Å². The Kier molecular flexibility index (Phi) is 8.20. The summed E-state index contributed by atoms with van der Waals surface area (Å²) in [6.07, 6.45) is 7.33. The minimum absolute atomic E-state index is 0.560. The SMILES string of the molecule is CCCCCCCCOc1ccc(-[n+]2c3ccccc3c(-c3cccc([B-](F)(F)F)c3)c3ccccc32)cc1. The molecule has 4 aromatic carbocycles. The lowest BCUT2D eigenvalue weighted by molar-refractivity contribution is -0.537. The molecule has 200 valence electrons. The molecule has 0 bridgehead atoms. The number of aromatic nitrogens is 1. The number of benzene rings is 4. The zero-order valence-electron chi connectivity index (χ0n) is 22.3. The summed E-state index contributed by atoms with van der Waals surface area (Å²) in [5.74, 6) is 0.837. The van der Waals surface area contributed by atoms with Crippen molar-refractivity contribution in [2.75, 3.05) is 6.61 Å². The van der Waals surface area contributed by atoms with E-state index < -0.39 is 12.4 Å². The first-order valence-electron chi connectivity index (χ1n) is 13.9. The molecule has 0 saturated carbocycles. The van der Waals surface area contributed by atoms with E-state index in [4.69, 9.17) is 4.74 Å². The van der Waals surface area contributed by atoms with Crippen LogP contribution in [0.3, 0.4) is 0 Å². The third-order valence-electron chi connectivity index (χ3n) is 7.24. The smallest absolute Gasteiger partial charge is 0.494 e. The fraction of sp³-hybridized carbons (Fsp3) is 0.242. The van der Waals surface area contributed by atoms with Gasteiger partial charge in [-0.25, -0.2) is 0 Å². The lowest BCUT2D eigenvalue weighted by atomic mass is 9.78.